The van der Waals surface area contributed by atoms with Crippen LogP contribution in [0.5, 0.6) is 5.75 Å². The van der Waals surface area contributed by atoms with Gasteiger partial charge in [0, 0.05) is 13.0 Å². The Bertz CT molecular complexity index is 1080. The Labute approximate surface area is 231 Å². The minimum atomic E-state index is -1.09. The Morgan fingerprint density at radius 1 is 0.850 bits per heavy atom. The number of aliphatic carboxylic acids is 2. The Morgan fingerprint density at radius 3 is 1.93 bits per heavy atom. The summed E-state index contributed by atoms with van der Waals surface area (Å²) in [5.41, 5.74) is 27.5. The summed E-state index contributed by atoms with van der Waals surface area (Å²) >= 11 is 0. The smallest absolute Gasteiger partial charge is 0.335 e. The van der Waals surface area contributed by atoms with Crippen molar-refractivity contribution in [3.8, 4) is 5.75 Å². The maximum Gasteiger partial charge on any atom is 0.335 e. The van der Waals surface area contributed by atoms with Crippen molar-refractivity contribution >= 4 is 29.8 Å². The lowest BCUT2D eigenvalue weighted by Gasteiger charge is -2.10. The highest BCUT2D eigenvalue weighted by Gasteiger charge is 2.17. The van der Waals surface area contributed by atoms with Gasteiger partial charge in [0.1, 0.15) is 17.8 Å². The number of nitrogens with zero attached hydrogens (tertiary/aromatic N) is 1. The third-order valence-corrected chi connectivity index (χ3v) is 4.85. The summed E-state index contributed by atoms with van der Waals surface area (Å²) in [6.45, 7) is 1.16. The Balaban J connectivity index is 0.000000619. The Kier molecular flexibility index (Phi) is 18.1. The molecule has 14 heteroatoms. The lowest BCUT2D eigenvalue weighted by Crippen LogP contribution is -2.34. The van der Waals surface area contributed by atoms with Gasteiger partial charge in [0.15, 0.2) is 5.96 Å². The average molecular weight is 563 g/mol. The van der Waals surface area contributed by atoms with Crippen LogP contribution in [0.4, 0.5) is 0 Å². The van der Waals surface area contributed by atoms with Gasteiger partial charge in [0.25, 0.3) is 0 Å². The molecule has 2 rings (SSSR count). The van der Waals surface area contributed by atoms with Gasteiger partial charge in [0.05, 0.1) is 5.56 Å². The molecule has 0 unspecified atom stereocenters. The molecule has 40 heavy (non-hydrogen) atoms. The second-order valence-corrected chi connectivity index (χ2v) is 8.21. The van der Waals surface area contributed by atoms with Crippen LogP contribution in [0.1, 0.15) is 41.6 Å². The molecule has 13 N–H and O–H groups in total. The van der Waals surface area contributed by atoms with E-state index in [1.54, 1.807) is 0 Å². The van der Waals surface area contributed by atoms with Crippen LogP contribution < -0.4 is 33.4 Å². The molecule has 0 saturated carbocycles. The molecule has 0 amide bonds. The summed E-state index contributed by atoms with van der Waals surface area (Å²) in [5.74, 6) is -3.73. The number of aromatic carboxylic acids is 1. The molecule has 0 aliphatic carbocycles. The van der Waals surface area contributed by atoms with E-state index in [9.17, 15) is 19.2 Å². The molecule has 0 aliphatic rings. The van der Waals surface area contributed by atoms with Gasteiger partial charge in [-0.3, -0.25) is 14.6 Å². The van der Waals surface area contributed by atoms with Crippen LogP contribution in [0.3, 0.4) is 0 Å². The van der Waals surface area contributed by atoms with E-state index in [-0.39, 0.29) is 30.1 Å². The monoisotopic (exact) mass is 562 g/mol. The molecular weight excluding hydrogens is 524 g/mol. The third-order valence-electron chi connectivity index (χ3n) is 4.85. The fourth-order valence-electron chi connectivity index (χ4n) is 2.71. The standard InChI is InChI=1S/C12H13NO6.C8H11N.C6H14N4O2/c13-9(5-6-10(14)15)12(18)19-8-3-1-7(2-4-8)11(16)17;9-7-6-8-4-2-1-3-5-8;7-4(5(11)12)2-1-3-10-6(8)9/h1-4,9H,5-6,13H2,(H,14,15)(H,16,17);1-5H,6-7,9H2;4H,1-3,7H2,(H,11,12)(H4,8,9,10)/t9-;;4-/m1.0/s1. The predicted molar refractivity (Wildman–Crippen MR) is 149 cm³/mol. The third kappa shape index (κ3) is 17.8. The molecule has 2 aromatic rings. The lowest BCUT2D eigenvalue weighted by molar-refractivity contribution is -0.139. The number of carbonyl (C=O) groups excluding carboxylic acids is 1. The quantitative estimate of drug-likeness (QED) is 0.0530. The van der Waals surface area contributed by atoms with E-state index < -0.39 is 36.0 Å². The van der Waals surface area contributed by atoms with Crippen molar-refractivity contribution in [1.29, 1.82) is 0 Å². The minimum Gasteiger partial charge on any atom is -0.481 e. The van der Waals surface area contributed by atoms with E-state index in [0.717, 1.165) is 13.0 Å². The molecule has 0 spiro atoms. The molecule has 0 heterocycles. The summed E-state index contributed by atoms with van der Waals surface area (Å²) in [6, 6.07) is 13.6. The van der Waals surface area contributed by atoms with Crippen molar-refractivity contribution in [2.75, 3.05) is 13.1 Å². The second-order valence-electron chi connectivity index (χ2n) is 8.21. The first-order valence-corrected chi connectivity index (χ1v) is 12.2. The van der Waals surface area contributed by atoms with Gasteiger partial charge < -0.3 is 48.7 Å². The highest BCUT2D eigenvalue weighted by Crippen LogP contribution is 2.13. The number of carboxylic acids is 3. The van der Waals surface area contributed by atoms with E-state index in [1.165, 1.54) is 29.8 Å². The van der Waals surface area contributed by atoms with Crippen LogP contribution in [-0.4, -0.2) is 70.3 Å². The molecule has 0 aromatic heterocycles. The fourth-order valence-corrected chi connectivity index (χ4v) is 2.71. The zero-order chi connectivity index (χ0) is 30.5. The zero-order valence-electron chi connectivity index (χ0n) is 22.0. The van der Waals surface area contributed by atoms with Crippen molar-refractivity contribution in [2.45, 2.75) is 44.2 Å². The number of aliphatic imine (C=N–C) groups is 1. The molecule has 2 aromatic carbocycles. The number of guanidine groups is 1. The van der Waals surface area contributed by atoms with Crippen LogP contribution in [-0.2, 0) is 20.8 Å². The van der Waals surface area contributed by atoms with Gasteiger partial charge in [-0.25, -0.2) is 9.59 Å². The molecule has 0 radical (unpaired) electrons. The van der Waals surface area contributed by atoms with Crippen molar-refractivity contribution in [2.24, 2.45) is 33.7 Å². The first kappa shape index (κ1) is 35.5. The number of hydrogen-bond acceptors (Lipinski definition) is 9. The normalized spacial score (nSPS) is 11.3. The van der Waals surface area contributed by atoms with E-state index >= 15 is 0 Å². The fraction of sp³-hybridized carbons (Fsp3) is 0.346. The number of ether oxygens (including phenoxy) is 1. The van der Waals surface area contributed by atoms with Crippen LogP contribution in [0.15, 0.2) is 59.6 Å². The van der Waals surface area contributed by atoms with E-state index in [0.29, 0.717) is 19.4 Å². The van der Waals surface area contributed by atoms with E-state index in [2.05, 4.69) is 17.1 Å². The van der Waals surface area contributed by atoms with E-state index in [4.69, 9.17) is 48.7 Å². The Morgan fingerprint density at radius 2 is 1.45 bits per heavy atom. The number of benzene rings is 2. The number of esters is 1. The first-order chi connectivity index (χ1) is 18.9. The van der Waals surface area contributed by atoms with Crippen molar-refractivity contribution in [3.05, 3.63) is 65.7 Å². The maximum absolute atomic E-state index is 11.5. The number of rotatable bonds is 13. The molecule has 0 fully saturated rings. The van der Waals surface area contributed by atoms with E-state index in [1.807, 2.05) is 18.2 Å². The second kappa shape index (κ2) is 20.4. The summed E-state index contributed by atoms with van der Waals surface area (Å²) in [5, 5.41) is 25.5. The van der Waals surface area contributed by atoms with Gasteiger partial charge >= 0.3 is 23.9 Å². The number of hydrogen-bond donors (Lipinski definition) is 8. The number of carboxylic acid groups (broad SMARTS) is 3. The van der Waals surface area contributed by atoms with Crippen LogP contribution >= 0.6 is 0 Å². The van der Waals surface area contributed by atoms with Gasteiger partial charge in [-0.15, -0.1) is 0 Å². The molecule has 0 saturated heterocycles. The zero-order valence-corrected chi connectivity index (χ0v) is 22.0. The van der Waals surface area contributed by atoms with Crippen LogP contribution in [0.25, 0.3) is 0 Å². The van der Waals surface area contributed by atoms with Gasteiger partial charge in [-0.05, 0) is 62.1 Å². The highest BCUT2D eigenvalue weighted by atomic mass is 16.5. The molecule has 220 valence electrons. The van der Waals surface area contributed by atoms with Crippen LogP contribution in [0.2, 0.25) is 0 Å². The number of carbonyl (C=O) groups is 4. The largest absolute Gasteiger partial charge is 0.481 e. The highest BCUT2D eigenvalue weighted by molar-refractivity contribution is 5.88. The van der Waals surface area contributed by atoms with Gasteiger partial charge in [-0.1, -0.05) is 30.3 Å². The summed E-state index contributed by atoms with van der Waals surface area (Å²) in [6.07, 6.45) is 1.69. The minimum absolute atomic E-state index is 0.0129. The predicted octanol–water partition coefficient (Wildman–Crippen LogP) is 0.122. The maximum atomic E-state index is 11.5. The van der Waals surface area contributed by atoms with Crippen LogP contribution in [0, 0.1) is 0 Å². The van der Waals surface area contributed by atoms with Gasteiger partial charge in [-0.2, -0.15) is 0 Å². The van der Waals surface area contributed by atoms with Crippen molar-refractivity contribution < 1.29 is 39.2 Å². The average Bonchev–Trinajstić information content (AvgIpc) is 2.91. The molecule has 14 nitrogen and oxygen atoms in total. The van der Waals surface area contributed by atoms with Gasteiger partial charge in [0.2, 0.25) is 0 Å². The SMILES string of the molecule is NC(N)=NCCC[C@H](N)C(=O)O.NCCc1ccccc1.N[C@H](CCC(=O)O)C(=O)Oc1ccc(C(=O)O)cc1. The first-order valence-electron chi connectivity index (χ1n) is 12.2. The summed E-state index contributed by atoms with van der Waals surface area (Å²) < 4.78 is 4.89. The Hall–Kier alpha value is -4.53. The molecular formula is C26H38N6O8. The number of nitrogens with two attached hydrogens (primary N) is 5. The summed E-state index contributed by atoms with van der Waals surface area (Å²) in [7, 11) is 0. The summed E-state index contributed by atoms with van der Waals surface area (Å²) in [4.78, 5) is 46.3. The van der Waals surface area contributed by atoms with Crippen molar-refractivity contribution in [3.63, 3.8) is 0 Å². The molecule has 0 bridgehead atoms. The lowest BCUT2D eigenvalue weighted by atomic mass is 10.2. The topological polar surface area (TPSA) is 281 Å². The molecule has 0 aliphatic heterocycles. The van der Waals surface area contributed by atoms with Crippen molar-refractivity contribution in [1.82, 2.24) is 0 Å². The molecule has 2 atom stereocenters.